The Bertz CT molecular complexity index is 529. The summed E-state index contributed by atoms with van der Waals surface area (Å²) in [5, 5.41) is 21.8. The number of amides is 1. The summed E-state index contributed by atoms with van der Waals surface area (Å²) in [6.45, 7) is 12.0. The molecule has 1 heterocycles. The molecule has 0 aromatic rings. The smallest absolute Gasteiger partial charge is 0.407 e. The molecule has 0 bridgehead atoms. The number of alkyl carbamates (subject to hydrolysis) is 1. The number of carboxylic acids is 2. The van der Waals surface area contributed by atoms with Gasteiger partial charge in [-0.15, -0.1) is 0 Å². The monoisotopic (exact) mass is 418 g/mol. The van der Waals surface area contributed by atoms with Gasteiger partial charge in [0.2, 0.25) is 0 Å². The first-order chi connectivity index (χ1) is 13.4. The van der Waals surface area contributed by atoms with E-state index in [0.29, 0.717) is 38.3 Å². The van der Waals surface area contributed by atoms with E-state index in [0.717, 1.165) is 13.0 Å². The zero-order valence-electron chi connectivity index (χ0n) is 17.8. The summed E-state index contributed by atoms with van der Waals surface area (Å²) in [6.07, 6.45) is 2.25. The number of piperidine rings is 1. The van der Waals surface area contributed by atoms with Gasteiger partial charge in [0.05, 0.1) is 0 Å². The minimum absolute atomic E-state index is 0.115. The molecule has 168 valence electrons. The number of hydrogen-bond acceptors (Lipinski definition) is 7. The fraction of sp³-hybridized carbons (Fsp3) is 0.737. The Morgan fingerprint density at radius 1 is 1.10 bits per heavy atom. The highest BCUT2D eigenvalue weighted by Gasteiger charge is 2.37. The van der Waals surface area contributed by atoms with E-state index in [-0.39, 0.29) is 6.04 Å². The van der Waals surface area contributed by atoms with Gasteiger partial charge >= 0.3 is 18.0 Å². The molecule has 0 aliphatic carbocycles. The van der Waals surface area contributed by atoms with Crippen LogP contribution in [0.3, 0.4) is 0 Å². The molecule has 0 aromatic carbocycles. The van der Waals surface area contributed by atoms with Crippen LogP contribution in [0, 0.1) is 0 Å². The van der Waals surface area contributed by atoms with Crippen LogP contribution >= 0.6 is 0 Å². The van der Waals surface area contributed by atoms with Gasteiger partial charge in [-0.3, -0.25) is 0 Å². The Morgan fingerprint density at radius 2 is 1.62 bits per heavy atom. The first-order valence-electron chi connectivity index (χ1n) is 9.55. The lowest BCUT2D eigenvalue weighted by atomic mass is 9.97. The van der Waals surface area contributed by atoms with E-state index in [1.165, 1.54) is 0 Å². The predicted octanol–water partition coefficient (Wildman–Crippen LogP) is 1.74. The molecule has 1 fully saturated rings. The van der Waals surface area contributed by atoms with E-state index in [1.807, 2.05) is 34.6 Å². The zero-order valence-corrected chi connectivity index (χ0v) is 17.8. The lowest BCUT2D eigenvalue weighted by Crippen LogP contribution is -2.54. The molecule has 4 N–H and O–H groups in total. The molecule has 0 saturated carbocycles. The van der Waals surface area contributed by atoms with Crippen LogP contribution in [-0.4, -0.2) is 72.0 Å². The van der Waals surface area contributed by atoms with Crippen LogP contribution in [0.15, 0.2) is 12.2 Å². The third-order valence-electron chi connectivity index (χ3n) is 3.57. The molecule has 1 amide bonds. The average Bonchev–Trinajstić information content (AvgIpc) is 2.58. The van der Waals surface area contributed by atoms with Crippen molar-refractivity contribution in [2.75, 3.05) is 26.3 Å². The number of carboxylic acid groups (broad SMARTS) is 2. The molecular weight excluding hydrogens is 384 g/mol. The summed E-state index contributed by atoms with van der Waals surface area (Å²) in [4.78, 5) is 30.8. The summed E-state index contributed by atoms with van der Waals surface area (Å²) in [6, 6.07) is 0.115. The SMILES string of the molecule is CCOC1(OCC)CCN[C@@H](CNC(=O)OC(C)(C)C)C1.O=C(O)/C=C/C(=O)O. The number of carbonyl (C=O) groups excluding carboxylic acids is 1. The van der Waals surface area contributed by atoms with Crippen molar-refractivity contribution in [1.82, 2.24) is 10.6 Å². The molecule has 1 aliphatic rings. The quantitative estimate of drug-likeness (QED) is 0.342. The number of hydrogen-bond donors (Lipinski definition) is 4. The van der Waals surface area contributed by atoms with Crippen LogP contribution in [0.25, 0.3) is 0 Å². The Balaban J connectivity index is 0.000000828. The van der Waals surface area contributed by atoms with Crippen molar-refractivity contribution in [2.45, 2.75) is 64.9 Å². The van der Waals surface area contributed by atoms with Gasteiger partial charge < -0.3 is 35.1 Å². The van der Waals surface area contributed by atoms with E-state index in [4.69, 9.17) is 24.4 Å². The maximum Gasteiger partial charge on any atom is 0.407 e. The largest absolute Gasteiger partial charge is 0.478 e. The molecule has 10 heteroatoms. The topological polar surface area (TPSA) is 143 Å². The normalized spacial score (nSPS) is 18.4. The molecule has 0 aromatic heterocycles. The first kappa shape index (κ1) is 26.8. The van der Waals surface area contributed by atoms with Gasteiger partial charge in [0.1, 0.15) is 5.60 Å². The maximum absolute atomic E-state index is 11.7. The van der Waals surface area contributed by atoms with Crippen LogP contribution in [0.1, 0.15) is 47.5 Å². The van der Waals surface area contributed by atoms with Gasteiger partial charge in [-0.25, -0.2) is 14.4 Å². The van der Waals surface area contributed by atoms with Crippen LogP contribution in [0.2, 0.25) is 0 Å². The number of nitrogens with one attached hydrogen (secondary N) is 2. The molecule has 1 saturated heterocycles. The van der Waals surface area contributed by atoms with E-state index in [2.05, 4.69) is 10.6 Å². The van der Waals surface area contributed by atoms with Crippen molar-refractivity contribution in [2.24, 2.45) is 0 Å². The second-order valence-corrected chi connectivity index (χ2v) is 7.27. The standard InChI is InChI=1S/C15H30N2O4.C4H4O4/c1-6-19-15(20-7-2)8-9-16-12(10-15)11-17-13(18)21-14(3,4)5;5-3(6)1-2-4(7)8/h12,16H,6-11H2,1-5H3,(H,17,18);1-2H,(H,5,6)(H,7,8)/b;2-1+/t12-;/m1./s1. The highest BCUT2D eigenvalue weighted by atomic mass is 16.7. The number of carbonyl (C=O) groups is 3. The number of ether oxygens (including phenoxy) is 3. The molecule has 29 heavy (non-hydrogen) atoms. The summed E-state index contributed by atoms with van der Waals surface area (Å²) in [5.41, 5.74) is -0.482. The molecule has 1 atom stereocenters. The third-order valence-corrected chi connectivity index (χ3v) is 3.57. The second-order valence-electron chi connectivity index (χ2n) is 7.27. The van der Waals surface area contributed by atoms with Crippen molar-refractivity contribution in [3.8, 4) is 0 Å². The van der Waals surface area contributed by atoms with E-state index < -0.39 is 29.4 Å². The summed E-state index contributed by atoms with van der Waals surface area (Å²) in [7, 11) is 0. The van der Waals surface area contributed by atoms with Crippen LogP contribution in [-0.2, 0) is 23.8 Å². The van der Waals surface area contributed by atoms with E-state index in [9.17, 15) is 14.4 Å². The Morgan fingerprint density at radius 3 is 2.03 bits per heavy atom. The van der Waals surface area contributed by atoms with Gasteiger partial charge in [0.25, 0.3) is 0 Å². The minimum atomic E-state index is -1.26. The van der Waals surface area contributed by atoms with E-state index >= 15 is 0 Å². The molecule has 1 rings (SSSR count). The van der Waals surface area contributed by atoms with Crippen molar-refractivity contribution >= 4 is 18.0 Å². The fourth-order valence-electron chi connectivity index (χ4n) is 2.65. The Kier molecular flexibility index (Phi) is 12.1. The summed E-state index contributed by atoms with van der Waals surface area (Å²) in [5.74, 6) is -3.05. The Labute approximate surface area is 171 Å². The second kappa shape index (κ2) is 13.1. The van der Waals surface area contributed by atoms with Gasteiger partial charge in [0, 0.05) is 57.3 Å². The van der Waals surface area contributed by atoms with E-state index in [1.54, 1.807) is 0 Å². The summed E-state index contributed by atoms with van der Waals surface area (Å²) < 4.78 is 16.9. The van der Waals surface area contributed by atoms with Gasteiger partial charge in [-0.2, -0.15) is 0 Å². The van der Waals surface area contributed by atoms with Gasteiger partial charge in [-0.1, -0.05) is 0 Å². The number of rotatable bonds is 8. The highest BCUT2D eigenvalue weighted by molar-refractivity contribution is 5.89. The van der Waals surface area contributed by atoms with Crippen molar-refractivity contribution in [3.63, 3.8) is 0 Å². The highest BCUT2D eigenvalue weighted by Crippen LogP contribution is 2.27. The lowest BCUT2D eigenvalue weighted by Gasteiger charge is -2.40. The molecule has 0 spiro atoms. The van der Waals surface area contributed by atoms with Crippen LogP contribution in [0.5, 0.6) is 0 Å². The average molecular weight is 418 g/mol. The van der Waals surface area contributed by atoms with Crippen LogP contribution in [0.4, 0.5) is 4.79 Å². The lowest BCUT2D eigenvalue weighted by molar-refractivity contribution is -0.249. The minimum Gasteiger partial charge on any atom is -0.478 e. The van der Waals surface area contributed by atoms with Crippen LogP contribution < -0.4 is 10.6 Å². The molecular formula is C19H34N2O8. The first-order valence-corrected chi connectivity index (χ1v) is 9.55. The van der Waals surface area contributed by atoms with Crippen molar-refractivity contribution < 1.29 is 38.8 Å². The number of aliphatic carboxylic acids is 2. The van der Waals surface area contributed by atoms with Gasteiger partial charge in [0.15, 0.2) is 5.79 Å². The maximum atomic E-state index is 11.7. The molecule has 0 unspecified atom stereocenters. The molecule has 1 aliphatic heterocycles. The fourth-order valence-corrected chi connectivity index (χ4v) is 2.65. The zero-order chi connectivity index (χ0) is 22.5. The summed E-state index contributed by atoms with van der Waals surface area (Å²) >= 11 is 0. The molecule has 0 radical (unpaired) electrons. The molecule has 10 nitrogen and oxygen atoms in total. The Hall–Kier alpha value is -2.17. The predicted molar refractivity (Wildman–Crippen MR) is 106 cm³/mol. The van der Waals surface area contributed by atoms with Crippen molar-refractivity contribution in [1.29, 1.82) is 0 Å². The van der Waals surface area contributed by atoms with Gasteiger partial charge in [-0.05, 0) is 34.6 Å². The van der Waals surface area contributed by atoms with Crippen molar-refractivity contribution in [3.05, 3.63) is 12.2 Å². The third kappa shape index (κ3) is 13.6.